The lowest BCUT2D eigenvalue weighted by molar-refractivity contribution is 0.102. The molecule has 0 N–H and O–H groups in total. The van der Waals surface area contributed by atoms with Gasteiger partial charge in [0.2, 0.25) is 17.5 Å². The summed E-state index contributed by atoms with van der Waals surface area (Å²) in [6.07, 6.45) is 9.66. The Kier molecular flexibility index (Phi) is 8.26. The standard InChI is InChI=1S/C20H16N6O3.C6H6BrN/c1-28-19-15(10-23-20(25-19)29-2)13-5-3-6-14(9-13)26-11-16(24-12-26)17(27)18-21-7-4-8-22-18;1-5-2-3-8-6(7)4-5/h3-12H,1-2H3;2-4H,1H3. The quantitative estimate of drug-likeness (QED) is 0.218. The lowest BCUT2D eigenvalue weighted by Gasteiger charge is -2.10. The molecule has 1 aromatic carbocycles. The van der Waals surface area contributed by atoms with E-state index in [1.165, 1.54) is 32.2 Å². The second-order valence-electron chi connectivity index (χ2n) is 7.55. The van der Waals surface area contributed by atoms with Crippen LogP contribution in [-0.2, 0) is 0 Å². The molecule has 0 bridgehead atoms. The second-order valence-corrected chi connectivity index (χ2v) is 8.37. The predicted molar refractivity (Wildman–Crippen MR) is 140 cm³/mol. The highest BCUT2D eigenvalue weighted by Gasteiger charge is 2.16. The summed E-state index contributed by atoms with van der Waals surface area (Å²) in [5.74, 6) is 0.161. The minimum atomic E-state index is -0.342. The third-order valence-electron chi connectivity index (χ3n) is 5.03. The van der Waals surface area contributed by atoms with Gasteiger partial charge in [-0.05, 0) is 64.3 Å². The first-order valence-corrected chi connectivity index (χ1v) is 11.8. The Bertz CT molecular complexity index is 1490. The number of methoxy groups -OCH3 is 2. The van der Waals surface area contributed by atoms with E-state index in [0.717, 1.165) is 15.9 Å². The summed E-state index contributed by atoms with van der Waals surface area (Å²) in [6.45, 7) is 2.03. The van der Waals surface area contributed by atoms with Crippen molar-refractivity contribution in [1.29, 1.82) is 0 Å². The number of hydrogen-bond acceptors (Lipinski definition) is 9. The minimum Gasteiger partial charge on any atom is -0.480 e. The van der Waals surface area contributed by atoms with Gasteiger partial charge in [0.1, 0.15) is 16.6 Å². The Morgan fingerprint density at radius 3 is 2.41 bits per heavy atom. The highest BCUT2D eigenvalue weighted by Crippen LogP contribution is 2.30. The molecule has 0 amide bonds. The monoisotopic (exact) mass is 559 g/mol. The number of benzene rings is 1. The number of halogens is 1. The fraction of sp³-hybridized carbons (Fsp3) is 0.115. The van der Waals surface area contributed by atoms with Crippen molar-refractivity contribution in [3.8, 4) is 28.7 Å². The molecule has 11 heteroatoms. The number of nitrogens with zero attached hydrogens (tertiary/aromatic N) is 7. The lowest BCUT2D eigenvalue weighted by atomic mass is 10.1. The molecule has 0 saturated heterocycles. The number of pyridine rings is 1. The van der Waals surface area contributed by atoms with Crippen molar-refractivity contribution >= 4 is 21.7 Å². The smallest absolute Gasteiger partial charge is 0.319 e. The van der Waals surface area contributed by atoms with E-state index in [2.05, 4.69) is 45.8 Å². The summed E-state index contributed by atoms with van der Waals surface area (Å²) < 4.78 is 13.1. The van der Waals surface area contributed by atoms with Crippen LogP contribution in [0.2, 0.25) is 0 Å². The lowest BCUT2D eigenvalue weighted by Crippen LogP contribution is -2.06. The molecule has 0 radical (unpaired) electrons. The number of ether oxygens (including phenoxy) is 2. The molecule has 0 aliphatic heterocycles. The van der Waals surface area contributed by atoms with E-state index in [1.54, 1.807) is 35.6 Å². The fourth-order valence-electron chi connectivity index (χ4n) is 3.25. The van der Waals surface area contributed by atoms with Crippen LogP contribution in [0.15, 0.2) is 84.4 Å². The van der Waals surface area contributed by atoms with Crippen molar-refractivity contribution in [3.63, 3.8) is 0 Å². The molecule has 0 spiro atoms. The van der Waals surface area contributed by atoms with E-state index in [9.17, 15) is 4.79 Å². The van der Waals surface area contributed by atoms with Gasteiger partial charge in [0, 0.05) is 36.7 Å². The number of hydrogen-bond donors (Lipinski definition) is 0. The third-order valence-corrected chi connectivity index (χ3v) is 5.46. The number of rotatable bonds is 6. The van der Waals surface area contributed by atoms with Gasteiger partial charge >= 0.3 is 6.01 Å². The number of carbonyl (C=O) groups is 1. The van der Waals surface area contributed by atoms with Crippen molar-refractivity contribution in [2.75, 3.05) is 14.2 Å². The van der Waals surface area contributed by atoms with E-state index in [-0.39, 0.29) is 23.3 Å². The van der Waals surface area contributed by atoms with E-state index in [0.29, 0.717) is 11.4 Å². The Hall–Kier alpha value is -4.51. The number of aromatic nitrogens is 7. The summed E-state index contributed by atoms with van der Waals surface area (Å²) in [6, 6.07) is 13.4. The molecule has 5 rings (SSSR count). The van der Waals surface area contributed by atoms with Crippen LogP contribution in [0.4, 0.5) is 0 Å². The van der Waals surface area contributed by atoms with Gasteiger partial charge in [-0.25, -0.2) is 24.9 Å². The van der Waals surface area contributed by atoms with Gasteiger partial charge in [-0.1, -0.05) is 12.1 Å². The average Bonchev–Trinajstić information content (AvgIpc) is 3.43. The van der Waals surface area contributed by atoms with Gasteiger partial charge in [-0.2, -0.15) is 4.98 Å². The Labute approximate surface area is 221 Å². The van der Waals surface area contributed by atoms with Crippen LogP contribution >= 0.6 is 15.9 Å². The topological polar surface area (TPSA) is 118 Å². The van der Waals surface area contributed by atoms with E-state index < -0.39 is 0 Å². The van der Waals surface area contributed by atoms with Gasteiger partial charge < -0.3 is 14.0 Å². The molecule has 0 fully saturated rings. The maximum absolute atomic E-state index is 12.5. The van der Waals surface area contributed by atoms with E-state index in [1.807, 2.05) is 43.3 Å². The van der Waals surface area contributed by atoms with Crippen molar-refractivity contribution < 1.29 is 14.3 Å². The Morgan fingerprint density at radius 1 is 0.919 bits per heavy atom. The van der Waals surface area contributed by atoms with Gasteiger partial charge in [-0.3, -0.25) is 4.79 Å². The normalized spacial score (nSPS) is 10.3. The summed E-state index contributed by atoms with van der Waals surface area (Å²) in [5.41, 5.74) is 3.85. The minimum absolute atomic E-state index is 0.103. The first kappa shape index (κ1) is 25.6. The maximum atomic E-state index is 12.5. The molecule has 5 aromatic rings. The molecule has 186 valence electrons. The number of ketones is 1. The van der Waals surface area contributed by atoms with Crippen LogP contribution in [0.3, 0.4) is 0 Å². The second kappa shape index (κ2) is 12.0. The number of aryl methyl sites for hydroxylation is 1. The number of carbonyl (C=O) groups excluding carboxylic acids is 1. The van der Waals surface area contributed by atoms with Crippen molar-refractivity contribution in [2.45, 2.75) is 6.92 Å². The van der Waals surface area contributed by atoms with Crippen LogP contribution in [0.1, 0.15) is 21.9 Å². The zero-order valence-electron chi connectivity index (χ0n) is 20.2. The summed E-state index contributed by atoms with van der Waals surface area (Å²) in [4.78, 5) is 37.0. The largest absolute Gasteiger partial charge is 0.480 e. The molecular formula is C26H22BrN7O3. The number of imidazole rings is 1. The van der Waals surface area contributed by atoms with Crippen LogP contribution in [0, 0.1) is 6.92 Å². The summed E-state index contributed by atoms with van der Waals surface area (Å²) in [7, 11) is 3.03. The Morgan fingerprint density at radius 2 is 1.73 bits per heavy atom. The van der Waals surface area contributed by atoms with E-state index >= 15 is 0 Å². The molecule has 4 heterocycles. The van der Waals surface area contributed by atoms with Gasteiger partial charge in [0.05, 0.1) is 19.8 Å². The summed E-state index contributed by atoms with van der Waals surface area (Å²) in [5, 5.41) is 0. The van der Waals surface area contributed by atoms with Crippen molar-refractivity contribution in [2.24, 2.45) is 0 Å². The average molecular weight is 560 g/mol. The SMILES string of the molecule is COc1ncc(-c2cccc(-n3cnc(C(=O)c4ncccn4)c3)c2)c(OC)n1.Cc1ccnc(Br)c1. The predicted octanol–water partition coefficient (Wildman–Crippen LogP) is 4.52. The van der Waals surface area contributed by atoms with Crippen LogP contribution in [0.5, 0.6) is 11.9 Å². The first-order chi connectivity index (χ1) is 18.0. The van der Waals surface area contributed by atoms with Crippen LogP contribution in [0.25, 0.3) is 16.8 Å². The van der Waals surface area contributed by atoms with Crippen LogP contribution in [-0.4, -0.2) is 54.5 Å². The molecule has 0 aliphatic carbocycles. The van der Waals surface area contributed by atoms with E-state index in [4.69, 9.17) is 9.47 Å². The molecule has 10 nitrogen and oxygen atoms in total. The van der Waals surface area contributed by atoms with Crippen molar-refractivity contribution in [1.82, 2.24) is 34.5 Å². The first-order valence-electron chi connectivity index (χ1n) is 11.0. The molecule has 0 atom stereocenters. The zero-order valence-corrected chi connectivity index (χ0v) is 21.8. The molecule has 4 aromatic heterocycles. The van der Waals surface area contributed by atoms with Gasteiger partial charge in [-0.15, -0.1) is 0 Å². The van der Waals surface area contributed by atoms with Crippen molar-refractivity contribution in [3.05, 3.63) is 101 Å². The molecule has 0 aliphatic rings. The highest BCUT2D eigenvalue weighted by molar-refractivity contribution is 9.10. The highest BCUT2D eigenvalue weighted by atomic mass is 79.9. The molecule has 0 saturated carbocycles. The van der Waals surface area contributed by atoms with Gasteiger partial charge in [0.25, 0.3) is 0 Å². The fourth-order valence-corrected chi connectivity index (χ4v) is 3.73. The third kappa shape index (κ3) is 6.39. The van der Waals surface area contributed by atoms with Gasteiger partial charge in [0.15, 0.2) is 0 Å². The maximum Gasteiger partial charge on any atom is 0.319 e. The molecule has 0 unspecified atom stereocenters. The zero-order chi connectivity index (χ0) is 26.2. The Balaban J connectivity index is 0.000000342. The molecule has 37 heavy (non-hydrogen) atoms. The molecular weight excluding hydrogens is 538 g/mol. The van der Waals surface area contributed by atoms with Crippen LogP contribution < -0.4 is 9.47 Å². The summed E-state index contributed by atoms with van der Waals surface area (Å²) >= 11 is 3.25.